The molecule has 32 heavy (non-hydrogen) atoms. The molecule has 1 aromatic carbocycles. The molecule has 7 heteroatoms. The van der Waals surface area contributed by atoms with Crippen LogP contribution in [0, 0.1) is 5.92 Å². The number of carboxylic acid groups (broad SMARTS) is 1. The molecule has 0 aromatic heterocycles. The summed E-state index contributed by atoms with van der Waals surface area (Å²) in [5.74, 6) is -0.559. The van der Waals surface area contributed by atoms with Crippen LogP contribution in [0.3, 0.4) is 0 Å². The van der Waals surface area contributed by atoms with E-state index in [1.54, 1.807) is 0 Å². The first kappa shape index (κ1) is 22.6. The Kier molecular flexibility index (Phi) is 7.33. The Morgan fingerprint density at radius 2 is 1.75 bits per heavy atom. The topological polar surface area (TPSA) is 95.9 Å². The SMILES string of the molecule is O=C1CCCCCCOc2ccc3c(c2)CN(C(=O)[C@H](C2CCCCC2)N1)[C@H](C(=O)O)C3. The van der Waals surface area contributed by atoms with Gasteiger partial charge < -0.3 is 20.1 Å². The number of carbonyl (C=O) groups is 3. The van der Waals surface area contributed by atoms with Crippen molar-refractivity contribution in [3.05, 3.63) is 29.3 Å². The van der Waals surface area contributed by atoms with E-state index in [0.29, 0.717) is 13.0 Å². The van der Waals surface area contributed by atoms with Gasteiger partial charge in [-0.25, -0.2) is 4.79 Å². The molecule has 1 saturated carbocycles. The van der Waals surface area contributed by atoms with Gasteiger partial charge in [0, 0.05) is 19.4 Å². The Morgan fingerprint density at radius 1 is 1.00 bits per heavy atom. The van der Waals surface area contributed by atoms with Crippen molar-refractivity contribution in [1.82, 2.24) is 10.2 Å². The van der Waals surface area contributed by atoms with E-state index < -0.39 is 18.1 Å². The van der Waals surface area contributed by atoms with Crippen LogP contribution in [0.25, 0.3) is 0 Å². The standard InChI is InChI=1S/C25H34N2O5/c28-22-10-6-1-2-7-13-32-20-12-11-18-15-21(25(30)31)27(16-19(18)14-20)24(29)23(26-22)17-8-4-3-5-9-17/h11-12,14,17,21,23H,1-10,13,15-16H2,(H,26,28)(H,30,31)/t21-,23-/m0/s1. The zero-order valence-corrected chi connectivity index (χ0v) is 18.7. The predicted molar refractivity (Wildman–Crippen MR) is 119 cm³/mol. The van der Waals surface area contributed by atoms with Gasteiger partial charge in [-0.15, -0.1) is 0 Å². The molecule has 2 heterocycles. The lowest BCUT2D eigenvalue weighted by Crippen LogP contribution is -2.58. The summed E-state index contributed by atoms with van der Waals surface area (Å²) in [7, 11) is 0. The number of amides is 2. The molecule has 1 aliphatic carbocycles. The second-order valence-corrected chi connectivity index (χ2v) is 9.41. The number of ether oxygens (including phenoxy) is 1. The minimum Gasteiger partial charge on any atom is -0.494 e. The summed E-state index contributed by atoms with van der Waals surface area (Å²) >= 11 is 0. The highest BCUT2D eigenvalue weighted by atomic mass is 16.5. The summed E-state index contributed by atoms with van der Waals surface area (Å²) in [6.45, 7) is 0.830. The van der Waals surface area contributed by atoms with E-state index in [0.717, 1.165) is 74.7 Å². The molecule has 2 N–H and O–H groups in total. The maximum Gasteiger partial charge on any atom is 0.326 e. The number of nitrogens with one attached hydrogen (secondary N) is 1. The first-order valence-electron chi connectivity index (χ1n) is 12.1. The Bertz CT molecular complexity index is 849. The molecule has 3 bridgehead atoms. The first-order valence-corrected chi connectivity index (χ1v) is 12.1. The molecule has 1 fully saturated rings. The van der Waals surface area contributed by atoms with Crippen molar-refractivity contribution in [3.8, 4) is 5.75 Å². The van der Waals surface area contributed by atoms with Crippen LogP contribution in [0.5, 0.6) is 5.75 Å². The number of benzene rings is 1. The fourth-order valence-electron chi connectivity index (χ4n) is 5.31. The fourth-order valence-corrected chi connectivity index (χ4v) is 5.31. The molecule has 2 amide bonds. The van der Waals surface area contributed by atoms with E-state index in [-0.39, 0.29) is 30.7 Å². The number of hydrogen-bond acceptors (Lipinski definition) is 4. The number of hydrogen-bond donors (Lipinski definition) is 2. The van der Waals surface area contributed by atoms with Crippen molar-refractivity contribution in [2.45, 2.75) is 89.3 Å². The summed E-state index contributed by atoms with van der Waals surface area (Å²) in [4.78, 5) is 40.1. The van der Waals surface area contributed by atoms with Gasteiger partial charge >= 0.3 is 5.97 Å². The number of rotatable bonds is 2. The normalized spacial score (nSPS) is 25.8. The van der Waals surface area contributed by atoms with Crippen LogP contribution >= 0.6 is 0 Å². The summed E-state index contributed by atoms with van der Waals surface area (Å²) in [6.07, 6.45) is 9.29. The third kappa shape index (κ3) is 5.25. The molecule has 0 unspecified atom stereocenters. The Balaban J connectivity index is 1.66. The lowest BCUT2D eigenvalue weighted by atomic mass is 9.82. The summed E-state index contributed by atoms with van der Waals surface area (Å²) < 4.78 is 5.90. The summed E-state index contributed by atoms with van der Waals surface area (Å²) in [5.41, 5.74) is 1.86. The fraction of sp³-hybridized carbons (Fsp3) is 0.640. The van der Waals surface area contributed by atoms with Crippen LogP contribution in [0.1, 0.15) is 75.3 Å². The maximum atomic E-state index is 13.8. The van der Waals surface area contributed by atoms with Crippen molar-refractivity contribution < 1.29 is 24.2 Å². The molecule has 3 aliphatic rings. The van der Waals surface area contributed by atoms with Crippen LogP contribution in [0.2, 0.25) is 0 Å². The predicted octanol–water partition coefficient (Wildman–Crippen LogP) is 3.43. The first-order chi connectivity index (χ1) is 15.5. The van der Waals surface area contributed by atoms with E-state index in [9.17, 15) is 19.5 Å². The Labute approximate surface area is 189 Å². The van der Waals surface area contributed by atoms with E-state index >= 15 is 0 Å². The molecule has 2 aliphatic heterocycles. The molecule has 0 spiro atoms. The van der Waals surface area contributed by atoms with Crippen molar-refractivity contribution >= 4 is 17.8 Å². The van der Waals surface area contributed by atoms with Gasteiger partial charge in [-0.05, 0) is 54.9 Å². The van der Waals surface area contributed by atoms with Gasteiger partial charge in [0.15, 0.2) is 0 Å². The molecule has 1 aromatic rings. The second-order valence-electron chi connectivity index (χ2n) is 9.41. The van der Waals surface area contributed by atoms with Crippen LogP contribution in [-0.4, -0.2) is 46.5 Å². The van der Waals surface area contributed by atoms with E-state index in [1.165, 1.54) is 4.90 Å². The van der Waals surface area contributed by atoms with E-state index in [2.05, 4.69) is 5.32 Å². The smallest absolute Gasteiger partial charge is 0.326 e. The average molecular weight is 443 g/mol. The average Bonchev–Trinajstić information content (AvgIpc) is 2.80. The van der Waals surface area contributed by atoms with Crippen molar-refractivity contribution in [2.75, 3.05) is 6.61 Å². The number of carboxylic acids is 1. The minimum atomic E-state index is -1.01. The van der Waals surface area contributed by atoms with E-state index in [4.69, 9.17) is 4.74 Å². The zero-order chi connectivity index (χ0) is 22.5. The largest absolute Gasteiger partial charge is 0.494 e. The highest BCUT2D eigenvalue weighted by molar-refractivity contribution is 5.91. The van der Waals surface area contributed by atoms with Crippen molar-refractivity contribution in [2.24, 2.45) is 5.92 Å². The number of nitrogens with zero attached hydrogens (tertiary/aromatic N) is 1. The number of fused-ring (bicyclic) bond motifs is 2. The van der Waals surface area contributed by atoms with Gasteiger partial charge in [0.1, 0.15) is 17.8 Å². The van der Waals surface area contributed by atoms with Gasteiger partial charge in [0.2, 0.25) is 11.8 Å². The van der Waals surface area contributed by atoms with Gasteiger partial charge in [-0.1, -0.05) is 38.2 Å². The molecule has 7 nitrogen and oxygen atoms in total. The molecule has 0 radical (unpaired) electrons. The molecule has 0 saturated heterocycles. The third-order valence-corrected chi connectivity index (χ3v) is 7.15. The lowest BCUT2D eigenvalue weighted by molar-refractivity contribution is -0.153. The lowest BCUT2D eigenvalue weighted by Gasteiger charge is -2.39. The van der Waals surface area contributed by atoms with Crippen LogP contribution < -0.4 is 10.1 Å². The molecular weight excluding hydrogens is 408 g/mol. The monoisotopic (exact) mass is 442 g/mol. The van der Waals surface area contributed by atoms with Gasteiger partial charge in [0.25, 0.3) is 0 Å². The van der Waals surface area contributed by atoms with Crippen molar-refractivity contribution in [3.63, 3.8) is 0 Å². The van der Waals surface area contributed by atoms with Crippen LogP contribution in [0.15, 0.2) is 18.2 Å². The number of aliphatic carboxylic acids is 1. The second kappa shape index (κ2) is 10.4. The molecule has 2 atom stereocenters. The molecule has 174 valence electrons. The molecular formula is C25H34N2O5. The summed E-state index contributed by atoms with van der Waals surface area (Å²) in [6, 6.07) is 4.17. The highest BCUT2D eigenvalue weighted by Gasteiger charge is 2.40. The Hall–Kier alpha value is -2.57. The van der Waals surface area contributed by atoms with E-state index in [1.807, 2.05) is 18.2 Å². The third-order valence-electron chi connectivity index (χ3n) is 7.15. The quantitative estimate of drug-likeness (QED) is 0.732. The Morgan fingerprint density at radius 3 is 2.53 bits per heavy atom. The van der Waals surface area contributed by atoms with Crippen LogP contribution in [0.4, 0.5) is 0 Å². The maximum absolute atomic E-state index is 13.8. The van der Waals surface area contributed by atoms with Crippen LogP contribution in [-0.2, 0) is 27.3 Å². The molecule has 4 rings (SSSR count). The van der Waals surface area contributed by atoms with Gasteiger partial charge in [0.05, 0.1) is 6.61 Å². The number of carbonyl (C=O) groups excluding carboxylic acids is 2. The minimum absolute atomic E-state index is 0.0598. The van der Waals surface area contributed by atoms with Crippen molar-refractivity contribution in [1.29, 1.82) is 0 Å². The summed E-state index contributed by atoms with van der Waals surface area (Å²) in [5, 5.41) is 12.9. The zero-order valence-electron chi connectivity index (χ0n) is 18.7. The van der Waals surface area contributed by atoms with Gasteiger partial charge in [-0.2, -0.15) is 0 Å². The van der Waals surface area contributed by atoms with Gasteiger partial charge in [-0.3, -0.25) is 9.59 Å². The highest BCUT2D eigenvalue weighted by Crippen LogP contribution is 2.32.